The molecule has 0 spiro atoms. The lowest BCUT2D eigenvalue weighted by molar-refractivity contribution is 0.242. The lowest BCUT2D eigenvalue weighted by atomic mass is 9.78. The van der Waals surface area contributed by atoms with Crippen molar-refractivity contribution in [1.29, 1.82) is 0 Å². The highest BCUT2D eigenvalue weighted by Crippen LogP contribution is 2.37. The van der Waals surface area contributed by atoms with Crippen molar-refractivity contribution >= 4 is 5.82 Å². The van der Waals surface area contributed by atoms with E-state index in [4.69, 9.17) is 0 Å². The van der Waals surface area contributed by atoms with E-state index in [0.717, 1.165) is 24.8 Å². The average Bonchev–Trinajstić information content (AvgIpc) is 2.47. The van der Waals surface area contributed by atoms with Crippen molar-refractivity contribution in [1.82, 2.24) is 9.97 Å². The van der Waals surface area contributed by atoms with E-state index >= 15 is 0 Å². The summed E-state index contributed by atoms with van der Waals surface area (Å²) in [5.41, 5.74) is 1.20. The van der Waals surface area contributed by atoms with Crippen LogP contribution in [0.3, 0.4) is 0 Å². The van der Waals surface area contributed by atoms with Crippen LogP contribution < -0.4 is 4.90 Å². The van der Waals surface area contributed by atoms with Gasteiger partial charge in [-0.05, 0) is 38.0 Å². The molecule has 2 unspecified atom stereocenters. The third-order valence-corrected chi connectivity index (χ3v) is 4.75. The van der Waals surface area contributed by atoms with Gasteiger partial charge >= 0.3 is 0 Å². The molecule has 0 aromatic carbocycles. The lowest BCUT2D eigenvalue weighted by Gasteiger charge is -2.44. The molecular weight excluding hydrogens is 234 g/mol. The first kappa shape index (κ1) is 12.9. The molecule has 1 aliphatic carbocycles. The molecule has 0 radical (unpaired) electrons. The summed E-state index contributed by atoms with van der Waals surface area (Å²) >= 11 is 0. The van der Waals surface area contributed by atoms with Gasteiger partial charge in [0.25, 0.3) is 0 Å². The van der Waals surface area contributed by atoms with Crippen LogP contribution >= 0.6 is 0 Å². The normalized spacial score (nSPS) is 27.1. The summed E-state index contributed by atoms with van der Waals surface area (Å²) in [5.74, 6) is 2.09. The van der Waals surface area contributed by atoms with Crippen molar-refractivity contribution in [2.45, 2.75) is 64.3 Å². The Hall–Kier alpha value is -1.12. The highest BCUT2D eigenvalue weighted by atomic mass is 15.2. The van der Waals surface area contributed by atoms with E-state index in [-0.39, 0.29) is 0 Å². The Morgan fingerprint density at radius 1 is 1.16 bits per heavy atom. The summed E-state index contributed by atoms with van der Waals surface area (Å²) in [7, 11) is 0. The van der Waals surface area contributed by atoms with Gasteiger partial charge in [-0.2, -0.15) is 0 Å². The Labute approximate surface area is 116 Å². The van der Waals surface area contributed by atoms with Crippen molar-refractivity contribution in [2.24, 2.45) is 5.92 Å². The third-order valence-electron chi connectivity index (χ3n) is 4.75. The number of hydrogen-bond acceptors (Lipinski definition) is 3. The van der Waals surface area contributed by atoms with Crippen LogP contribution in [0, 0.1) is 5.92 Å². The zero-order valence-electron chi connectivity index (χ0n) is 12.0. The molecule has 0 bridgehead atoms. The molecule has 1 saturated carbocycles. The molecule has 2 atom stereocenters. The number of aryl methyl sites for hydroxylation is 1. The van der Waals surface area contributed by atoms with Crippen LogP contribution in [0.5, 0.6) is 0 Å². The molecule has 2 heterocycles. The minimum Gasteiger partial charge on any atom is -0.353 e. The van der Waals surface area contributed by atoms with Gasteiger partial charge in [0.1, 0.15) is 12.1 Å². The minimum absolute atomic E-state index is 0.742. The van der Waals surface area contributed by atoms with Crippen LogP contribution in [-0.2, 0) is 6.42 Å². The van der Waals surface area contributed by atoms with Gasteiger partial charge in [0, 0.05) is 24.3 Å². The second-order valence-electron chi connectivity index (χ2n) is 6.07. The summed E-state index contributed by atoms with van der Waals surface area (Å²) in [6.45, 7) is 3.39. The molecule has 3 nitrogen and oxygen atoms in total. The van der Waals surface area contributed by atoms with E-state index in [1.54, 1.807) is 6.33 Å². The first-order valence-corrected chi connectivity index (χ1v) is 7.96. The predicted molar refractivity (Wildman–Crippen MR) is 78.4 cm³/mol. The van der Waals surface area contributed by atoms with Crippen molar-refractivity contribution < 1.29 is 0 Å². The molecule has 1 aromatic heterocycles. The second-order valence-corrected chi connectivity index (χ2v) is 6.07. The number of rotatable bonds is 3. The Balaban J connectivity index is 1.81. The van der Waals surface area contributed by atoms with Crippen LogP contribution in [0.25, 0.3) is 0 Å². The van der Waals surface area contributed by atoms with Crippen LogP contribution in [0.2, 0.25) is 0 Å². The van der Waals surface area contributed by atoms with Crippen molar-refractivity contribution in [2.75, 3.05) is 11.4 Å². The maximum absolute atomic E-state index is 4.55. The van der Waals surface area contributed by atoms with E-state index < -0.39 is 0 Å². The zero-order chi connectivity index (χ0) is 13.1. The standard InChI is InChI=1S/C16H25N3/c1-2-6-14-11-16(18-12-17-14)19-10-5-8-13-7-3-4-9-15(13)19/h11-13,15H,2-10H2,1H3. The molecule has 2 fully saturated rings. The van der Waals surface area contributed by atoms with E-state index in [1.165, 1.54) is 56.6 Å². The monoisotopic (exact) mass is 259 g/mol. The van der Waals surface area contributed by atoms with Crippen LogP contribution in [0.1, 0.15) is 57.6 Å². The maximum Gasteiger partial charge on any atom is 0.132 e. The summed E-state index contributed by atoms with van der Waals surface area (Å²) < 4.78 is 0. The molecule has 0 amide bonds. The van der Waals surface area contributed by atoms with Crippen LogP contribution in [-0.4, -0.2) is 22.6 Å². The van der Waals surface area contributed by atoms with E-state index in [2.05, 4.69) is 27.9 Å². The number of aromatic nitrogens is 2. The number of hydrogen-bond donors (Lipinski definition) is 0. The highest BCUT2D eigenvalue weighted by Gasteiger charge is 2.33. The van der Waals surface area contributed by atoms with Gasteiger partial charge in [-0.15, -0.1) is 0 Å². The van der Waals surface area contributed by atoms with Gasteiger partial charge in [0.2, 0.25) is 0 Å². The van der Waals surface area contributed by atoms with Crippen molar-refractivity contribution in [3.63, 3.8) is 0 Å². The molecule has 1 saturated heterocycles. The number of fused-ring (bicyclic) bond motifs is 1. The summed E-state index contributed by atoms with van der Waals surface area (Å²) in [6.07, 6.45) is 12.3. The molecule has 2 aliphatic rings. The Morgan fingerprint density at radius 2 is 2.00 bits per heavy atom. The van der Waals surface area contributed by atoms with Gasteiger partial charge in [-0.3, -0.25) is 0 Å². The summed E-state index contributed by atoms with van der Waals surface area (Å²) in [4.78, 5) is 11.5. The van der Waals surface area contributed by atoms with Gasteiger partial charge in [-0.1, -0.05) is 26.2 Å². The Kier molecular flexibility index (Phi) is 4.00. The molecule has 1 aromatic rings. The van der Waals surface area contributed by atoms with Crippen molar-refractivity contribution in [3.8, 4) is 0 Å². The van der Waals surface area contributed by atoms with Crippen LogP contribution in [0.15, 0.2) is 12.4 Å². The second kappa shape index (κ2) is 5.89. The van der Waals surface area contributed by atoms with E-state index in [9.17, 15) is 0 Å². The summed E-state index contributed by atoms with van der Waals surface area (Å²) in [6, 6.07) is 2.97. The third kappa shape index (κ3) is 2.75. The van der Waals surface area contributed by atoms with Gasteiger partial charge in [0.05, 0.1) is 0 Å². The van der Waals surface area contributed by atoms with Gasteiger partial charge in [0.15, 0.2) is 0 Å². The fourth-order valence-corrected chi connectivity index (χ4v) is 3.84. The molecule has 19 heavy (non-hydrogen) atoms. The van der Waals surface area contributed by atoms with E-state index in [0.29, 0.717) is 0 Å². The molecule has 0 N–H and O–H groups in total. The Bertz CT molecular complexity index is 416. The highest BCUT2D eigenvalue weighted by molar-refractivity contribution is 5.41. The lowest BCUT2D eigenvalue weighted by Crippen LogP contribution is -2.47. The zero-order valence-corrected chi connectivity index (χ0v) is 12.0. The average molecular weight is 259 g/mol. The van der Waals surface area contributed by atoms with Gasteiger partial charge in [-0.25, -0.2) is 9.97 Å². The maximum atomic E-state index is 4.55. The fourth-order valence-electron chi connectivity index (χ4n) is 3.84. The predicted octanol–water partition coefficient (Wildman–Crippen LogP) is 3.59. The largest absolute Gasteiger partial charge is 0.353 e. The number of anilines is 1. The fraction of sp³-hybridized carbons (Fsp3) is 0.750. The van der Waals surface area contributed by atoms with Gasteiger partial charge < -0.3 is 4.90 Å². The quantitative estimate of drug-likeness (QED) is 0.830. The number of piperidine rings is 1. The smallest absolute Gasteiger partial charge is 0.132 e. The first-order valence-electron chi connectivity index (χ1n) is 7.96. The van der Waals surface area contributed by atoms with Crippen LogP contribution in [0.4, 0.5) is 5.82 Å². The molecule has 1 aliphatic heterocycles. The molecule has 3 heteroatoms. The Morgan fingerprint density at radius 3 is 2.89 bits per heavy atom. The SMILES string of the molecule is CCCc1cc(N2CCCC3CCCCC32)ncn1. The minimum atomic E-state index is 0.742. The number of nitrogens with zero attached hydrogens (tertiary/aromatic N) is 3. The first-order chi connectivity index (χ1) is 9.38. The topological polar surface area (TPSA) is 29.0 Å². The molecule has 3 rings (SSSR count). The van der Waals surface area contributed by atoms with E-state index in [1.807, 2.05) is 0 Å². The summed E-state index contributed by atoms with van der Waals surface area (Å²) in [5, 5.41) is 0. The van der Waals surface area contributed by atoms with Crippen molar-refractivity contribution in [3.05, 3.63) is 18.1 Å². The molecular formula is C16H25N3. The molecule has 104 valence electrons.